The lowest BCUT2D eigenvalue weighted by molar-refractivity contribution is -0.193. The second-order valence-electron chi connectivity index (χ2n) is 9.70. The summed E-state index contributed by atoms with van der Waals surface area (Å²) in [6.07, 6.45) is -0.903. The predicted octanol–water partition coefficient (Wildman–Crippen LogP) is 4.68. The Morgan fingerprint density at radius 2 is 1.59 bits per heavy atom. The Kier molecular flexibility index (Phi) is 10.0. The molecule has 0 aromatic carbocycles. The fourth-order valence-electron chi connectivity index (χ4n) is 3.96. The molecule has 3 heterocycles. The maximum absolute atomic E-state index is 10.6. The number of imidazole rings is 1. The van der Waals surface area contributed by atoms with E-state index in [9.17, 15) is 26.3 Å². The molecule has 0 amide bonds. The molecule has 3 aliphatic rings. The lowest BCUT2D eigenvalue weighted by atomic mass is 9.98. The van der Waals surface area contributed by atoms with Crippen molar-refractivity contribution in [2.75, 3.05) is 19.8 Å². The van der Waals surface area contributed by atoms with Crippen LogP contribution in [0, 0.1) is 11.8 Å². The topological polar surface area (TPSA) is 118 Å². The van der Waals surface area contributed by atoms with Crippen LogP contribution in [0.25, 0.3) is 0 Å². The van der Waals surface area contributed by atoms with Crippen LogP contribution in [-0.2, 0) is 34.0 Å². The highest BCUT2D eigenvalue weighted by atomic mass is 19.4. The van der Waals surface area contributed by atoms with E-state index in [1.165, 1.54) is 37.1 Å². The number of ether oxygens (including phenoxy) is 1. The van der Waals surface area contributed by atoms with Gasteiger partial charge in [-0.05, 0) is 49.7 Å². The minimum absolute atomic E-state index is 0.415. The molecule has 9 nitrogen and oxygen atoms in total. The number of hydrogen-bond acceptors (Lipinski definition) is 6. The van der Waals surface area contributed by atoms with Gasteiger partial charge < -0.3 is 23.9 Å². The van der Waals surface area contributed by atoms with Crippen LogP contribution in [0.4, 0.5) is 26.3 Å². The maximum Gasteiger partial charge on any atom is 0.490 e. The molecule has 2 aliphatic carbocycles. The van der Waals surface area contributed by atoms with Crippen molar-refractivity contribution in [3.63, 3.8) is 0 Å². The number of carboxylic acids is 2. The van der Waals surface area contributed by atoms with Crippen LogP contribution in [0.3, 0.4) is 0 Å². The van der Waals surface area contributed by atoms with Gasteiger partial charge in [-0.15, -0.1) is 0 Å². The predicted molar refractivity (Wildman–Crippen MR) is 121 cm³/mol. The Morgan fingerprint density at radius 1 is 1.00 bits per heavy atom. The minimum atomic E-state index is -5.08. The van der Waals surface area contributed by atoms with Gasteiger partial charge in [-0.1, -0.05) is 0 Å². The Bertz CT molecular complexity index is 1050. The van der Waals surface area contributed by atoms with Gasteiger partial charge in [-0.2, -0.15) is 26.3 Å². The van der Waals surface area contributed by atoms with Gasteiger partial charge in [0.05, 0.1) is 31.4 Å². The Balaban J connectivity index is 0.000000251. The number of rotatable bonds is 8. The van der Waals surface area contributed by atoms with Gasteiger partial charge in [0, 0.05) is 37.9 Å². The van der Waals surface area contributed by atoms with Crippen LogP contribution in [0.2, 0.25) is 0 Å². The zero-order valence-electron chi connectivity index (χ0n) is 20.7. The molecule has 218 valence electrons. The second kappa shape index (κ2) is 12.9. The standard InChI is InChI=1S/C20H27N3O2.2C2HF3O2/c1-2-18(25-7-1)10-22-9-17(13-24-12-16-5-6-16)20-19(11-22)21-14-23(20)8-15-3-4-15;2*3-2(4,5)1(6)7/h1-2,7,14-17H,3-6,8-13H2;2*(H,6,7). The van der Waals surface area contributed by atoms with E-state index in [1.807, 2.05) is 6.07 Å². The summed E-state index contributed by atoms with van der Waals surface area (Å²) in [5.41, 5.74) is 2.66. The highest BCUT2D eigenvalue weighted by molar-refractivity contribution is 5.73. The van der Waals surface area contributed by atoms with E-state index < -0.39 is 24.3 Å². The molecular formula is C24H29F6N3O6. The molecule has 0 radical (unpaired) electrons. The van der Waals surface area contributed by atoms with Gasteiger partial charge >= 0.3 is 24.3 Å². The number of carboxylic acid groups (broad SMARTS) is 2. The zero-order chi connectivity index (χ0) is 28.8. The second-order valence-corrected chi connectivity index (χ2v) is 9.70. The molecule has 39 heavy (non-hydrogen) atoms. The molecule has 0 saturated heterocycles. The van der Waals surface area contributed by atoms with Crippen LogP contribution in [0.15, 0.2) is 29.1 Å². The molecule has 1 atom stereocenters. The summed E-state index contributed by atoms with van der Waals surface area (Å²) in [6, 6.07) is 4.02. The molecular weight excluding hydrogens is 540 g/mol. The molecule has 2 fully saturated rings. The van der Waals surface area contributed by atoms with Crippen LogP contribution in [0.5, 0.6) is 0 Å². The van der Waals surface area contributed by atoms with Gasteiger partial charge in [0.15, 0.2) is 0 Å². The lowest BCUT2D eigenvalue weighted by Gasteiger charge is -2.32. The summed E-state index contributed by atoms with van der Waals surface area (Å²) in [5, 5.41) is 14.2. The first-order valence-corrected chi connectivity index (χ1v) is 12.2. The van der Waals surface area contributed by atoms with Crippen molar-refractivity contribution in [1.29, 1.82) is 0 Å². The Hall–Kier alpha value is -3.07. The van der Waals surface area contributed by atoms with Crippen LogP contribution in [0.1, 0.15) is 48.7 Å². The van der Waals surface area contributed by atoms with Crippen LogP contribution >= 0.6 is 0 Å². The van der Waals surface area contributed by atoms with Crippen molar-refractivity contribution < 1.29 is 55.3 Å². The summed E-state index contributed by atoms with van der Waals surface area (Å²) < 4.78 is 77.5. The third-order valence-electron chi connectivity index (χ3n) is 6.16. The monoisotopic (exact) mass is 569 g/mol. The lowest BCUT2D eigenvalue weighted by Crippen LogP contribution is -2.36. The molecule has 15 heteroatoms. The van der Waals surface area contributed by atoms with Gasteiger partial charge in [0.2, 0.25) is 0 Å². The van der Waals surface area contributed by atoms with E-state index in [4.69, 9.17) is 33.9 Å². The fraction of sp³-hybridized carbons (Fsp3) is 0.625. The van der Waals surface area contributed by atoms with Gasteiger partial charge in [-0.3, -0.25) is 4.90 Å². The molecule has 1 unspecified atom stereocenters. The van der Waals surface area contributed by atoms with Crippen molar-refractivity contribution in [2.45, 2.75) is 63.6 Å². The molecule has 2 aromatic heterocycles. The van der Waals surface area contributed by atoms with E-state index in [-0.39, 0.29) is 0 Å². The first kappa shape index (κ1) is 30.5. The third kappa shape index (κ3) is 10.2. The van der Waals surface area contributed by atoms with E-state index in [2.05, 4.69) is 21.9 Å². The molecule has 1 aliphatic heterocycles. The highest BCUT2D eigenvalue weighted by Crippen LogP contribution is 2.35. The quantitative estimate of drug-likeness (QED) is 0.440. The number of aromatic nitrogens is 2. The Labute approximate surface area is 219 Å². The molecule has 0 spiro atoms. The van der Waals surface area contributed by atoms with Gasteiger partial charge in [-0.25, -0.2) is 14.6 Å². The minimum Gasteiger partial charge on any atom is -0.475 e. The molecule has 5 rings (SSSR count). The molecule has 0 bridgehead atoms. The Morgan fingerprint density at radius 3 is 2.08 bits per heavy atom. The maximum atomic E-state index is 10.6. The third-order valence-corrected chi connectivity index (χ3v) is 6.16. The van der Waals surface area contributed by atoms with Crippen molar-refractivity contribution >= 4 is 11.9 Å². The van der Waals surface area contributed by atoms with E-state index >= 15 is 0 Å². The normalized spacial score (nSPS) is 19.3. The first-order valence-electron chi connectivity index (χ1n) is 12.2. The summed E-state index contributed by atoms with van der Waals surface area (Å²) >= 11 is 0. The van der Waals surface area contributed by atoms with Gasteiger partial charge in [0.25, 0.3) is 0 Å². The average Bonchev–Trinajstić information content (AvgIpc) is 3.74. The highest BCUT2D eigenvalue weighted by Gasteiger charge is 2.39. The number of carbonyl (C=O) groups is 2. The SMILES string of the molecule is O=C(O)C(F)(F)F.O=C(O)C(F)(F)F.c1coc(CN2Cc3ncn(CC4CC4)c3C(COCC3CC3)C2)c1. The zero-order valence-corrected chi connectivity index (χ0v) is 20.7. The number of hydrogen-bond donors (Lipinski definition) is 2. The van der Waals surface area contributed by atoms with Crippen molar-refractivity contribution in [3.8, 4) is 0 Å². The smallest absolute Gasteiger partial charge is 0.475 e. The summed E-state index contributed by atoms with van der Waals surface area (Å²) in [6.45, 7) is 5.66. The van der Waals surface area contributed by atoms with Crippen molar-refractivity contribution in [2.24, 2.45) is 11.8 Å². The first-order chi connectivity index (χ1) is 18.2. The number of nitrogens with zero attached hydrogens (tertiary/aromatic N) is 3. The van der Waals surface area contributed by atoms with E-state index in [1.54, 1.807) is 6.26 Å². The number of fused-ring (bicyclic) bond motifs is 1. The summed E-state index contributed by atoms with van der Waals surface area (Å²) in [4.78, 5) is 25.0. The number of furan rings is 1. The number of alkyl halides is 6. The molecule has 2 N–H and O–H groups in total. The van der Waals surface area contributed by atoms with Crippen LogP contribution in [-0.4, -0.2) is 68.7 Å². The number of halogens is 6. The van der Waals surface area contributed by atoms with Gasteiger partial charge in [0.1, 0.15) is 5.76 Å². The van der Waals surface area contributed by atoms with Crippen LogP contribution < -0.4 is 0 Å². The van der Waals surface area contributed by atoms with Crippen molar-refractivity contribution in [1.82, 2.24) is 14.5 Å². The largest absolute Gasteiger partial charge is 0.490 e. The summed E-state index contributed by atoms with van der Waals surface area (Å²) in [7, 11) is 0. The fourth-order valence-corrected chi connectivity index (χ4v) is 3.96. The van der Waals surface area contributed by atoms with E-state index in [0.29, 0.717) is 5.92 Å². The number of aliphatic carboxylic acids is 2. The molecule has 2 aromatic rings. The average molecular weight is 569 g/mol. The molecule has 2 saturated carbocycles. The summed E-state index contributed by atoms with van der Waals surface area (Å²) in [5.74, 6) is -2.39. The van der Waals surface area contributed by atoms with E-state index in [0.717, 1.165) is 57.0 Å². The van der Waals surface area contributed by atoms with Crippen molar-refractivity contribution in [3.05, 3.63) is 41.9 Å².